The summed E-state index contributed by atoms with van der Waals surface area (Å²) in [6, 6.07) is 4.96. The summed E-state index contributed by atoms with van der Waals surface area (Å²) in [5.74, 6) is 0.249. The van der Waals surface area contributed by atoms with Crippen molar-refractivity contribution in [1.82, 2.24) is 10.3 Å². The van der Waals surface area contributed by atoms with Crippen molar-refractivity contribution in [2.45, 2.75) is 0 Å². The van der Waals surface area contributed by atoms with Gasteiger partial charge in [0.1, 0.15) is 0 Å². The van der Waals surface area contributed by atoms with Gasteiger partial charge in [0.25, 0.3) is 0 Å². The predicted molar refractivity (Wildman–Crippen MR) is 71.7 cm³/mol. The molecule has 0 aliphatic carbocycles. The van der Waals surface area contributed by atoms with E-state index in [0.29, 0.717) is 11.3 Å². The highest BCUT2D eigenvalue weighted by Crippen LogP contribution is 2.27. The van der Waals surface area contributed by atoms with E-state index in [0.717, 1.165) is 0 Å². The van der Waals surface area contributed by atoms with Crippen molar-refractivity contribution in [3.05, 3.63) is 29.5 Å². The summed E-state index contributed by atoms with van der Waals surface area (Å²) in [4.78, 5) is 0. The van der Waals surface area contributed by atoms with Crippen molar-refractivity contribution in [2.75, 3.05) is 12.8 Å². The van der Waals surface area contributed by atoms with Crippen LogP contribution in [0.5, 0.6) is 11.5 Å². The van der Waals surface area contributed by atoms with Gasteiger partial charge in [0.2, 0.25) is 0 Å². The van der Waals surface area contributed by atoms with Crippen molar-refractivity contribution in [3.8, 4) is 11.5 Å². The second-order valence-electron chi connectivity index (χ2n) is 3.63. The highest BCUT2D eigenvalue weighted by molar-refractivity contribution is 5.99. The maximum Gasteiger partial charge on any atom is 0.199 e. The zero-order chi connectivity index (χ0) is 14.5. The summed E-state index contributed by atoms with van der Waals surface area (Å²) in [6.45, 7) is 0. The molecule has 9 nitrogen and oxygen atoms in total. The lowest BCUT2D eigenvalue weighted by atomic mass is 10.2. The average molecular weight is 276 g/mol. The number of nitrogen functional groups attached to an aromatic ring is 1. The molecule has 0 atom stereocenters. The highest BCUT2D eigenvalue weighted by Gasteiger charge is 2.10. The average Bonchev–Trinajstić information content (AvgIpc) is 2.87. The predicted octanol–water partition coefficient (Wildman–Crippen LogP) is 0.105. The number of hydrogen-bond donors (Lipinski definition) is 3. The second-order valence-corrected chi connectivity index (χ2v) is 3.63. The van der Waals surface area contributed by atoms with E-state index in [1.54, 1.807) is 18.2 Å². The molecule has 2 aromatic rings. The van der Waals surface area contributed by atoms with Crippen molar-refractivity contribution < 1.29 is 14.5 Å². The Hall–Kier alpha value is -3.10. The lowest BCUT2D eigenvalue weighted by Gasteiger charge is -2.04. The third kappa shape index (κ3) is 2.66. The normalized spacial score (nSPS) is 11.9. The lowest BCUT2D eigenvalue weighted by molar-refractivity contribution is 0.308. The molecule has 104 valence electrons. The van der Waals surface area contributed by atoms with E-state index >= 15 is 0 Å². The molecule has 0 aliphatic rings. The molecule has 0 unspecified atom stereocenters. The number of hydrogen-bond acceptors (Lipinski definition) is 8. The van der Waals surface area contributed by atoms with Gasteiger partial charge in [-0.05, 0) is 22.4 Å². The van der Waals surface area contributed by atoms with Gasteiger partial charge in [-0.3, -0.25) is 0 Å². The maximum absolute atomic E-state index is 9.83. The fourth-order valence-electron chi connectivity index (χ4n) is 1.38. The Balaban J connectivity index is 2.20. The molecule has 0 saturated heterocycles. The summed E-state index contributed by atoms with van der Waals surface area (Å²) in [5.41, 5.74) is 11.6. The fraction of sp³-hybridized carbons (Fsp3) is 0.0909. The van der Waals surface area contributed by atoms with Gasteiger partial charge in [-0.1, -0.05) is 6.07 Å². The number of nitrogens with zero attached hydrogens (tertiary/aromatic N) is 4. The summed E-state index contributed by atoms with van der Waals surface area (Å²) in [5, 5.41) is 24.1. The molecule has 9 heteroatoms. The van der Waals surface area contributed by atoms with Crippen LogP contribution in [0.4, 0.5) is 5.82 Å². The maximum atomic E-state index is 9.83. The number of phenolic OH excluding ortho intramolecular Hbond substituents is 1. The van der Waals surface area contributed by atoms with E-state index in [1.165, 1.54) is 13.3 Å². The quantitative estimate of drug-likeness (QED) is 0.408. The van der Waals surface area contributed by atoms with Gasteiger partial charge in [0, 0.05) is 5.56 Å². The summed E-state index contributed by atoms with van der Waals surface area (Å²) >= 11 is 0. The molecular formula is C11H12N6O3. The molecule has 1 heterocycles. The first-order valence-electron chi connectivity index (χ1n) is 5.44. The topological polar surface area (TPSA) is 145 Å². The molecule has 0 bridgehead atoms. The Bertz CT molecular complexity index is 664. The Kier molecular flexibility index (Phi) is 3.80. The number of rotatable bonds is 4. The zero-order valence-corrected chi connectivity index (χ0v) is 10.5. The molecule has 0 fully saturated rings. The number of aromatic nitrogens is 2. The van der Waals surface area contributed by atoms with Crippen molar-refractivity contribution in [3.63, 3.8) is 0 Å². The number of para-hydroxylation sites is 1. The van der Waals surface area contributed by atoms with Crippen LogP contribution in [0.3, 0.4) is 0 Å². The van der Waals surface area contributed by atoms with Crippen LogP contribution in [-0.4, -0.2) is 34.6 Å². The van der Waals surface area contributed by atoms with Gasteiger partial charge in [-0.15, -0.1) is 5.10 Å². The highest BCUT2D eigenvalue weighted by atomic mass is 16.6. The molecule has 5 N–H and O–H groups in total. The summed E-state index contributed by atoms with van der Waals surface area (Å²) in [6.07, 6.45) is 1.31. The minimum atomic E-state index is -0.0533. The number of ether oxygens (including phenoxy) is 1. The molecule has 0 saturated carbocycles. The lowest BCUT2D eigenvalue weighted by Crippen LogP contribution is -2.15. The van der Waals surface area contributed by atoms with Crippen molar-refractivity contribution >= 4 is 17.9 Å². The van der Waals surface area contributed by atoms with E-state index in [1.807, 2.05) is 0 Å². The number of phenols is 1. The molecule has 0 amide bonds. The standard InChI is InChI=1S/C11H12N6O3/c1-19-7-4-2-3-6(9(7)18)5-14-15-10(12)8-11(13)17-20-16-8/h2-5,18H,1H3,(H2,12,15)(H2,13,17). The number of nitrogens with two attached hydrogens (primary N) is 2. The van der Waals surface area contributed by atoms with Crippen molar-refractivity contribution in [2.24, 2.45) is 15.9 Å². The first-order chi connectivity index (χ1) is 9.63. The molecular weight excluding hydrogens is 264 g/mol. The molecule has 20 heavy (non-hydrogen) atoms. The van der Waals surface area contributed by atoms with Crippen LogP contribution in [0.15, 0.2) is 33.0 Å². The first-order valence-corrected chi connectivity index (χ1v) is 5.44. The first kappa shape index (κ1) is 13.3. The van der Waals surface area contributed by atoms with Gasteiger partial charge in [-0.2, -0.15) is 5.10 Å². The van der Waals surface area contributed by atoms with Crippen LogP contribution in [0.1, 0.15) is 11.3 Å². The van der Waals surface area contributed by atoms with Gasteiger partial charge in [0.05, 0.1) is 13.3 Å². The number of benzene rings is 1. The SMILES string of the molecule is COc1cccc(C=N/N=C(\N)c2nonc2N)c1O. The minimum Gasteiger partial charge on any atom is -0.504 e. The number of amidine groups is 1. The zero-order valence-electron chi connectivity index (χ0n) is 10.5. The van der Waals surface area contributed by atoms with Gasteiger partial charge >= 0.3 is 0 Å². The van der Waals surface area contributed by atoms with Crippen LogP contribution >= 0.6 is 0 Å². The monoisotopic (exact) mass is 276 g/mol. The molecule has 0 aliphatic heterocycles. The Morgan fingerprint density at radius 3 is 2.90 bits per heavy atom. The van der Waals surface area contributed by atoms with Crippen LogP contribution in [0.25, 0.3) is 0 Å². The largest absolute Gasteiger partial charge is 0.504 e. The van der Waals surface area contributed by atoms with E-state index in [2.05, 4.69) is 25.1 Å². The Morgan fingerprint density at radius 1 is 1.45 bits per heavy atom. The Morgan fingerprint density at radius 2 is 2.25 bits per heavy atom. The van der Waals surface area contributed by atoms with E-state index < -0.39 is 0 Å². The molecule has 0 radical (unpaired) electrons. The molecule has 1 aromatic heterocycles. The number of aromatic hydroxyl groups is 1. The fourth-order valence-corrected chi connectivity index (χ4v) is 1.38. The Labute approximate surface area is 113 Å². The second kappa shape index (κ2) is 5.69. The van der Waals surface area contributed by atoms with Gasteiger partial charge in [-0.25, -0.2) is 4.63 Å². The molecule has 2 rings (SSSR count). The third-order valence-electron chi connectivity index (χ3n) is 2.37. The number of anilines is 1. The van der Waals surface area contributed by atoms with E-state index in [-0.39, 0.29) is 23.1 Å². The van der Waals surface area contributed by atoms with Gasteiger partial charge in [0.15, 0.2) is 28.8 Å². The third-order valence-corrected chi connectivity index (χ3v) is 2.37. The summed E-state index contributed by atoms with van der Waals surface area (Å²) in [7, 11) is 1.45. The van der Waals surface area contributed by atoms with Crippen LogP contribution < -0.4 is 16.2 Å². The van der Waals surface area contributed by atoms with Crippen molar-refractivity contribution in [1.29, 1.82) is 0 Å². The van der Waals surface area contributed by atoms with Gasteiger partial charge < -0.3 is 21.3 Å². The van der Waals surface area contributed by atoms with E-state index in [9.17, 15) is 5.11 Å². The van der Waals surface area contributed by atoms with Crippen LogP contribution in [0.2, 0.25) is 0 Å². The number of methoxy groups -OCH3 is 1. The molecule has 1 aromatic carbocycles. The van der Waals surface area contributed by atoms with Crippen LogP contribution in [0, 0.1) is 0 Å². The minimum absolute atomic E-state index is 0.0191. The molecule has 0 spiro atoms. The smallest absolute Gasteiger partial charge is 0.199 e. The van der Waals surface area contributed by atoms with Crippen LogP contribution in [-0.2, 0) is 0 Å². The summed E-state index contributed by atoms with van der Waals surface area (Å²) < 4.78 is 9.35. The van der Waals surface area contributed by atoms with E-state index in [4.69, 9.17) is 16.2 Å².